The Morgan fingerprint density at radius 1 is 1.56 bits per heavy atom. The van der Waals surface area contributed by atoms with Crippen LogP contribution in [0.15, 0.2) is 18.3 Å². The summed E-state index contributed by atoms with van der Waals surface area (Å²) in [7, 11) is 1.32. The molecule has 96 valence electrons. The van der Waals surface area contributed by atoms with Gasteiger partial charge in [0.1, 0.15) is 6.04 Å². The normalized spacial score (nSPS) is 18.7. The Morgan fingerprint density at radius 3 is 3.00 bits per heavy atom. The van der Waals surface area contributed by atoms with E-state index in [2.05, 4.69) is 4.98 Å². The Balaban J connectivity index is 2.23. The van der Waals surface area contributed by atoms with Gasteiger partial charge in [-0.05, 0) is 25.0 Å². The van der Waals surface area contributed by atoms with Gasteiger partial charge in [-0.2, -0.15) is 0 Å². The molecule has 1 aromatic rings. The third-order valence-electron chi connectivity index (χ3n) is 3.03. The number of aromatic nitrogens is 1. The van der Waals surface area contributed by atoms with E-state index in [0.717, 1.165) is 6.42 Å². The van der Waals surface area contributed by atoms with Crippen LogP contribution >= 0.6 is 0 Å². The fourth-order valence-electron chi connectivity index (χ4n) is 2.12. The molecule has 1 aliphatic heterocycles. The average Bonchev–Trinajstić information content (AvgIpc) is 2.86. The van der Waals surface area contributed by atoms with Crippen LogP contribution in [0, 0.1) is 0 Å². The Morgan fingerprint density at radius 2 is 2.33 bits per heavy atom. The van der Waals surface area contributed by atoms with Crippen molar-refractivity contribution >= 4 is 17.6 Å². The molecule has 0 saturated carbocycles. The fourth-order valence-corrected chi connectivity index (χ4v) is 2.12. The molecule has 1 amide bonds. The molecule has 1 saturated heterocycles. The predicted octanol–water partition coefficient (Wildman–Crippen LogP) is 0.441. The van der Waals surface area contributed by atoms with Crippen LogP contribution in [0.4, 0.5) is 5.69 Å². The molecule has 2 N–H and O–H groups in total. The van der Waals surface area contributed by atoms with Crippen molar-refractivity contribution in [3.05, 3.63) is 24.0 Å². The maximum atomic E-state index is 12.3. The van der Waals surface area contributed by atoms with E-state index in [1.165, 1.54) is 18.2 Å². The summed E-state index contributed by atoms with van der Waals surface area (Å²) in [5.41, 5.74) is 6.22. The number of carbonyl (C=O) groups is 2. The number of amides is 1. The summed E-state index contributed by atoms with van der Waals surface area (Å²) in [5.74, 6) is -0.712. The van der Waals surface area contributed by atoms with Gasteiger partial charge in [-0.1, -0.05) is 0 Å². The minimum atomic E-state index is -0.524. The fraction of sp³-hybridized carbons (Fsp3) is 0.417. The molecule has 1 fully saturated rings. The molecule has 6 heteroatoms. The summed E-state index contributed by atoms with van der Waals surface area (Å²) in [4.78, 5) is 29.3. The van der Waals surface area contributed by atoms with Gasteiger partial charge in [-0.15, -0.1) is 0 Å². The molecular formula is C12H15N3O3. The molecule has 0 spiro atoms. The highest BCUT2D eigenvalue weighted by molar-refractivity contribution is 5.99. The van der Waals surface area contributed by atoms with E-state index in [0.29, 0.717) is 18.7 Å². The number of likely N-dealkylation sites (tertiary alicyclic amines) is 1. The van der Waals surface area contributed by atoms with Gasteiger partial charge in [0.05, 0.1) is 12.8 Å². The summed E-state index contributed by atoms with van der Waals surface area (Å²) in [5, 5.41) is 0. The first kappa shape index (κ1) is 12.3. The lowest BCUT2D eigenvalue weighted by atomic mass is 10.2. The van der Waals surface area contributed by atoms with Crippen LogP contribution in [0.5, 0.6) is 0 Å². The van der Waals surface area contributed by atoms with Crippen LogP contribution < -0.4 is 5.73 Å². The van der Waals surface area contributed by atoms with Gasteiger partial charge < -0.3 is 15.4 Å². The van der Waals surface area contributed by atoms with Gasteiger partial charge in [0.25, 0.3) is 5.91 Å². The number of nitrogens with zero attached hydrogens (tertiary/aromatic N) is 2. The van der Waals surface area contributed by atoms with Crippen LogP contribution in [0.3, 0.4) is 0 Å². The number of hydrogen-bond acceptors (Lipinski definition) is 5. The summed E-state index contributed by atoms with van der Waals surface area (Å²) in [6.45, 7) is 0.522. The van der Waals surface area contributed by atoms with E-state index in [4.69, 9.17) is 10.5 Å². The molecule has 0 aliphatic carbocycles. The lowest BCUT2D eigenvalue weighted by molar-refractivity contribution is -0.145. The van der Waals surface area contributed by atoms with Crippen molar-refractivity contribution in [2.24, 2.45) is 0 Å². The van der Waals surface area contributed by atoms with E-state index >= 15 is 0 Å². The summed E-state index contributed by atoms with van der Waals surface area (Å²) >= 11 is 0. The SMILES string of the molecule is COC(=O)[C@@H]1CCCN1C(=O)c1ncccc1N. The highest BCUT2D eigenvalue weighted by Crippen LogP contribution is 2.22. The number of esters is 1. The summed E-state index contributed by atoms with van der Waals surface area (Å²) in [6.07, 6.45) is 2.90. The second-order valence-electron chi connectivity index (χ2n) is 4.12. The van der Waals surface area contributed by atoms with Crippen LogP contribution in [-0.2, 0) is 9.53 Å². The third-order valence-corrected chi connectivity index (χ3v) is 3.03. The number of ether oxygens (including phenoxy) is 1. The first-order chi connectivity index (χ1) is 8.65. The van der Waals surface area contributed by atoms with Crippen LogP contribution in [0.2, 0.25) is 0 Å². The highest BCUT2D eigenvalue weighted by atomic mass is 16.5. The third kappa shape index (κ3) is 2.13. The minimum Gasteiger partial charge on any atom is -0.467 e. The number of anilines is 1. The van der Waals surface area contributed by atoms with Crippen LogP contribution in [0.25, 0.3) is 0 Å². The smallest absolute Gasteiger partial charge is 0.328 e. The van der Waals surface area contributed by atoms with Crippen LogP contribution in [0.1, 0.15) is 23.3 Å². The van der Waals surface area contributed by atoms with Gasteiger partial charge in [0.2, 0.25) is 0 Å². The number of nitrogens with two attached hydrogens (primary N) is 1. The summed E-state index contributed by atoms with van der Waals surface area (Å²) in [6, 6.07) is 2.75. The average molecular weight is 249 g/mol. The van der Waals surface area contributed by atoms with Crippen molar-refractivity contribution in [1.29, 1.82) is 0 Å². The van der Waals surface area contributed by atoms with E-state index in [1.807, 2.05) is 0 Å². The van der Waals surface area contributed by atoms with Crippen molar-refractivity contribution in [2.75, 3.05) is 19.4 Å². The number of pyridine rings is 1. The zero-order chi connectivity index (χ0) is 13.1. The van der Waals surface area contributed by atoms with Crippen molar-refractivity contribution < 1.29 is 14.3 Å². The molecule has 1 atom stereocenters. The minimum absolute atomic E-state index is 0.188. The Hall–Kier alpha value is -2.11. The number of nitrogen functional groups attached to an aromatic ring is 1. The van der Waals surface area contributed by atoms with E-state index in [-0.39, 0.29) is 11.6 Å². The largest absolute Gasteiger partial charge is 0.467 e. The highest BCUT2D eigenvalue weighted by Gasteiger charge is 2.36. The number of rotatable bonds is 2. The molecular weight excluding hydrogens is 234 g/mol. The molecule has 0 radical (unpaired) electrons. The molecule has 18 heavy (non-hydrogen) atoms. The quantitative estimate of drug-likeness (QED) is 0.769. The Bertz CT molecular complexity index is 475. The first-order valence-electron chi connectivity index (χ1n) is 5.74. The van der Waals surface area contributed by atoms with Crippen molar-refractivity contribution in [3.63, 3.8) is 0 Å². The number of carbonyl (C=O) groups excluding carboxylic acids is 2. The Labute approximate surface area is 105 Å². The first-order valence-corrected chi connectivity index (χ1v) is 5.74. The Kier molecular flexibility index (Phi) is 3.45. The maximum absolute atomic E-state index is 12.3. The summed E-state index contributed by atoms with van der Waals surface area (Å²) < 4.78 is 4.70. The van der Waals surface area contributed by atoms with Gasteiger partial charge >= 0.3 is 5.97 Å². The number of hydrogen-bond donors (Lipinski definition) is 1. The molecule has 1 aliphatic rings. The molecule has 6 nitrogen and oxygen atoms in total. The lowest BCUT2D eigenvalue weighted by Crippen LogP contribution is -2.41. The second kappa shape index (κ2) is 5.03. The van der Waals surface area contributed by atoms with Crippen molar-refractivity contribution in [3.8, 4) is 0 Å². The van der Waals surface area contributed by atoms with Gasteiger partial charge in [-0.25, -0.2) is 9.78 Å². The number of methoxy groups -OCH3 is 1. The zero-order valence-corrected chi connectivity index (χ0v) is 10.1. The predicted molar refractivity (Wildman–Crippen MR) is 64.7 cm³/mol. The lowest BCUT2D eigenvalue weighted by Gasteiger charge is -2.22. The second-order valence-corrected chi connectivity index (χ2v) is 4.12. The maximum Gasteiger partial charge on any atom is 0.328 e. The molecule has 0 unspecified atom stereocenters. The van der Waals surface area contributed by atoms with E-state index < -0.39 is 12.0 Å². The van der Waals surface area contributed by atoms with Gasteiger partial charge in [-0.3, -0.25) is 4.79 Å². The zero-order valence-electron chi connectivity index (χ0n) is 10.1. The van der Waals surface area contributed by atoms with Crippen molar-refractivity contribution in [2.45, 2.75) is 18.9 Å². The standard InChI is InChI=1S/C12H15N3O3/c1-18-12(17)9-5-3-7-15(9)11(16)10-8(13)4-2-6-14-10/h2,4,6,9H,3,5,7,13H2,1H3/t9-/m0/s1. The van der Waals surface area contributed by atoms with E-state index in [1.54, 1.807) is 12.1 Å². The monoisotopic (exact) mass is 249 g/mol. The topological polar surface area (TPSA) is 85.5 Å². The molecule has 2 heterocycles. The van der Waals surface area contributed by atoms with Gasteiger partial charge in [0.15, 0.2) is 5.69 Å². The van der Waals surface area contributed by atoms with E-state index in [9.17, 15) is 9.59 Å². The van der Waals surface area contributed by atoms with Crippen molar-refractivity contribution in [1.82, 2.24) is 9.88 Å². The molecule has 0 bridgehead atoms. The molecule has 0 aromatic carbocycles. The van der Waals surface area contributed by atoms with Crippen LogP contribution in [-0.4, -0.2) is 41.5 Å². The molecule has 2 rings (SSSR count). The van der Waals surface area contributed by atoms with Gasteiger partial charge in [0, 0.05) is 12.7 Å². The molecule has 1 aromatic heterocycles.